The summed E-state index contributed by atoms with van der Waals surface area (Å²) in [5.74, 6) is 0.557. The minimum Gasteiger partial charge on any atom is -1.00 e. The maximum Gasteiger partial charge on any atom is -1.00 e. The van der Waals surface area contributed by atoms with Crippen molar-refractivity contribution >= 4 is 4.21 Å². The number of allylic oxidation sites excluding steroid dienone is 4. The molecule has 176 valence electrons. The van der Waals surface area contributed by atoms with E-state index >= 15 is 0 Å². The van der Waals surface area contributed by atoms with Crippen molar-refractivity contribution in [3.8, 4) is 11.1 Å². The van der Waals surface area contributed by atoms with Crippen molar-refractivity contribution in [2.24, 2.45) is 5.92 Å². The monoisotopic (exact) mass is 558 g/mol. The molecular formula is C30H38Cl2Zr. The summed E-state index contributed by atoms with van der Waals surface area (Å²) in [6.45, 7) is 20.9. The van der Waals surface area contributed by atoms with Crippen molar-refractivity contribution in [1.29, 1.82) is 0 Å². The van der Waals surface area contributed by atoms with Crippen LogP contribution in [0, 0.1) is 5.92 Å². The molecular weight excluding hydrogens is 522 g/mol. The number of hydrogen-bond donors (Lipinski definition) is 0. The molecule has 1 unspecified atom stereocenters. The van der Waals surface area contributed by atoms with Gasteiger partial charge >= 0.3 is 198 Å². The Morgan fingerprint density at radius 1 is 0.758 bits per heavy atom. The van der Waals surface area contributed by atoms with E-state index in [4.69, 9.17) is 4.21 Å². The molecule has 0 fully saturated rings. The van der Waals surface area contributed by atoms with E-state index in [2.05, 4.69) is 105 Å². The molecule has 33 heavy (non-hydrogen) atoms. The Kier molecular flexibility index (Phi) is 8.39. The first kappa shape index (κ1) is 28.5. The Morgan fingerprint density at radius 3 is 1.52 bits per heavy atom. The van der Waals surface area contributed by atoms with Gasteiger partial charge in [0, 0.05) is 0 Å². The third-order valence-corrected chi connectivity index (χ3v) is 14.4. The van der Waals surface area contributed by atoms with Gasteiger partial charge < -0.3 is 24.8 Å². The Bertz CT molecular complexity index is 1090. The van der Waals surface area contributed by atoms with Gasteiger partial charge in [-0.15, -0.1) is 0 Å². The molecule has 0 heterocycles. The minimum atomic E-state index is -2.19. The summed E-state index contributed by atoms with van der Waals surface area (Å²) in [6, 6.07) is 14.6. The third-order valence-electron chi connectivity index (χ3n) is 7.40. The fraction of sp³-hybridized carbons (Fsp3) is 0.433. The smallest absolute Gasteiger partial charge is 1.00 e. The molecule has 0 aliphatic heterocycles. The quantitative estimate of drug-likeness (QED) is 0.529. The van der Waals surface area contributed by atoms with Crippen LogP contribution in [-0.2, 0) is 32.1 Å². The molecule has 2 aliphatic carbocycles. The van der Waals surface area contributed by atoms with E-state index in [-0.39, 0.29) is 35.6 Å². The SMILES string of the molecule is [CH2]=[Zr+2]([C]1=C(C)C(C)=CC1C)[CH]1c2ccc(C(C)(C)C)cc2-c2cc(C(C)(C)C)ccc21.[Cl-].[Cl-]. The first-order valence-electron chi connectivity index (χ1n) is 11.7. The molecule has 0 amide bonds. The van der Waals surface area contributed by atoms with Gasteiger partial charge in [0.1, 0.15) is 0 Å². The maximum atomic E-state index is 4.98. The van der Waals surface area contributed by atoms with Gasteiger partial charge in [-0.1, -0.05) is 0 Å². The molecule has 4 rings (SSSR count). The number of hydrogen-bond acceptors (Lipinski definition) is 0. The van der Waals surface area contributed by atoms with E-state index in [0.29, 0.717) is 9.54 Å². The second kappa shape index (κ2) is 9.72. The number of halogens is 2. The predicted molar refractivity (Wildman–Crippen MR) is 134 cm³/mol. The van der Waals surface area contributed by atoms with Crippen LogP contribution < -0.4 is 24.8 Å². The van der Waals surface area contributed by atoms with Crippen molar-refractivity contribution in [2.45, 2.75) is 76.8 Å². The molecule has 0 saturated carbocycles. The van der Waals surface area contributed by atoms with Crippen LogP contribution in [0.5, 0.6) is 0 Å². The number of fused-ring (bicyclic) bond motifs is 3. The van der Waals surface area contributed by atoms with E-state index in [1.807, 2.05) is 0 Å². The first-order valence-corrected chi connectivity index (χ1v) is 16.1. The van der Waals surface area contributed by atoms with Crippen molar-refractivity contribution < 1.29 is 46.1 Å². The molecule has 0 spiro atoms. The molecule has 0 N–H and O–H groups in total. The van der Waals surface area contributed by atoms with Crippen LogP contribution in [-0.4, -0.2) is 4.21 Å². The molecule has 0 saturated heterocycles. The molecule has 3 heteroatoms. The Labute approximate surface area is 221 Å². The van der Waals surface area contributed by atoms with Gasteiger partial charge in [-0.25, -0.2) is 0 Å². The first-order chi connectivity index (χ1) is 14.3. The van der Waals surface area contributed by atoms with Crippen LogP contribution in [0.25, 0.3) is 11.1 Å². The van der Waals surface area contributed by atoms with Crippen LogP contribution in [0.4, 0.5) is 0 Å². The average molecular weight is 561 g/mol. The average Bonchev–Trinajstić information content (AvgIpc) is 3.12. The molecule has 0 radical (unpaired) electrons. The standard InChI is InChI=1S/C21H25.C8H11.CH2.2ClH.Zr/c1-20(2,3)16-9-7-14-11-15-8-10-17(21(4,5)6)13-19(15)18(14)12-16;1-6-4-7(2)8(3)5-6;;;;/h7-13H,1-6H3;4,6H,1-3H3;1H2;2*1H;/q;;;;;+2/p-2. The van der Waals surface area contributed by atoms with Crippen molar-refractivity contribution in [2.75, 3.05) is 0 Å². The summed E-state index contributed by atoms with van der Waals surface area (Å²) < 4.78 is 7.21. The summed E-state index contributed by atoms with van der Waals surface area (Å²) in [5.41, 5.74) is 12.2. The molecule has 2 aromatic rings. The van der Waals surface area contributed by atoms with Crippen LogP contribution in [0.15, 0.2) is 56.9 Å². The molecule has 0 bridgehead atoms. The van der Waals surface area contributed by atoms with Gasteiger partial charge in [0.05, 0.1) is 0 Å². The summed E-state index contributed by atoms with van der Waals surface area (Å²) in [6.07, 6.45) is 2.46. The second-order valence-electron chi connectivity index (χ2n) is 11.7. The molecule has 1 atom stereocenters. The van der Waals surface area contributed by atoms with E-state index in [9.17, 15) is 0 Å². The fourth-order valence-corrected chi connectivity index (χ4v) is 12.5. The van der Waals surface area contributed by atoms with Crippen LogP contribution in [0.2, 0.25) is 0 Å². The zero-order chi connectivity index (χ0) is 22.9. The predicted octanol–water partition coefficient (Wildman–Crippen LogP) is 2.28. The Morgan fingerprint density at radius 2 is 1.18 bits per heavy atom. The molecule has 0 nitrogen and oxygen atoms in total. The normalized spacial score (nSPS) is 17.5. The van der Waals surface area contributed by atoms with E-state index in [1.165, 1.54) is 44.5 Å². The zero-order valence-corrected chi connectivity index (χ0v) is 25.6. The van der Waals surface area contributed by atoms with Crippen molar-refractivity contribution in [3.05, 3.63) is 79.2 Å². The van der Waals surface area contributed by atoms with Gasteiger partial charge in [-0.2, -0.15) is 0 Å². The van der Waals surface area contributed by atoms with Crippen molar-refractivity contribution in [1.82, 2.24) is 0 Å². The maximum absolute atomic E-state index is 4.98. The summed E-state index contributed by atoms with van der Waals surface area (Å²) in [7, 11) is 0. The summed E-state index contributed by atoms with van der Waals surface area (Å²) >= 11 is -2.19. The molecule has 2 aromatic carbocycles. The van der Waals surface area contributed by atoms with Crippen molar-refractivity contribution in [3.63, 3.8) is 0 Å². The Balaban J connectivity index is 0.00000193. The Hall–Kier alpha value is -0.747. The summed E-state index contributed by atoms with van der Waals surface area (Å²) in [5, 5.41) is 0. The van der Waals surface area contributed by atoms with Gasteiger partial charge in [-0.05, 0) is 0 Å². The van der Waals surface area contributed by atoms with Crippen LogP contribution >= 0.6 is 0 Å². The molecule has 2 aliphatic rings. The third kappa shape index (κ3) is 4.98. The van der Waals surface area contributed by atoms with Gasteiger partial charge in [0.15, 0.2) is 0 Å². The molecule has 0 aromatic heterocycles. The second-order valence-corrected chi connectivity index (χ2v) is 17.1. The number of rotatable bonds is 2. The fourth-order valence-electron chi connectivity index (χ4n) is 5.38. The largest absolute Gasteiger partial charge is 1.00 e. The van der Waals surface area contributed by atoms with Gasteiger partial charge in [-0.3, -0.25) is 0 Å². The van der Waals surface area contributed by atoms with E-state index < -0.39 is 21.3 Å². The zero-order valence-electron chi connectivity index (χ0n) is 21.7. The van der Waals surface area contributed by atoms with Crippen LogP contribution in [0.1, 0.15) is 88.2 Å². The number of benzene rings is 2. The summed E-state index contributed by atoms with van der Waals surface area (Å²) in [4.78, 5) is 0. The van der Waals surface area contributed by atoms with Crippen LogP contribution in [0.3, 0.4) is 0 Å². The van der Waals surface area contributed by atoms with Gasteiger partial charge in [0.25, 0.3) is 0 Å². The topological polar surface area (TPSA) is 0 Å². The minimum absolute atomic E-state index is 0. The van der Waals surface area contributed by atoms with E-state index in [1.54, 1.807) is 3.28 Å². The van der Waals surface area contributed by atoms with Gasteiger partial charge in [0.2, 0.25) is 0 Å². The van der Waals surface area contributed by atoms with E-state index in [0.717, 1.165) is 0 Å².